The number of hydrogen-bond acceptors (Lipinski definition) is 6. The van der Waals surface area contributed by atoms with E-state index in [0.29, 0.717) is 18.3 Å². The molecule has 1 spiro atoms. The summed E-state index contributed by atoms with van der Waals surface area (Å²) in [4.78, 5) is 29.1. The van der Waals surface area contributed by atoms with Crippen molar-refractivity contribution < 1.29 is 9.59 Å². The van der Waals surface area contributed by atoms with Crippen LogP contribution in [-0.4, -0.2) is 71.8 Å². The van der Waals surface area contributed by atoms with Crippen molar-refractivity contribution in [3.05, 3.63) is 23.9 Å². The summed E-state index contributed by atoms with van der Waals surface area (Å²) < 4.78 is 1.88. The topological polar surface area (TPSA) is 82.5 Å². The van der Waals surface area contributed by atoms with Gasteiger partial charge < -0.3 is 10.2 Å². The molecular formula is C25H34N6O2. The monoisotopic (exact) mass is 450 g/mol. The minimum atomic E-state index is -0.355. The van der Waals surface area contributed by atoms with E-state index in [-0.39, 0.29) is 17.7 Å². The third-order valence-corrected chi connectivity index (χ3v) is 8.63. The Morgan fingerprint density at radius 3 is 2.55 bits per heavy atom. The number of carbonyl (C=O) groups is 2. The first-order valence-corrected chi connectivity index (χ1v) is 12.5. The fourth-order valence-corrected chi connectivity index (χ4v) is 6.59. The first-order valence-electron chi connectivity index (χ1n) is 12.5. The van der Waals surface area contributed by atoms with Crippen molar-refractivity contribution in [2.75, 3.05) is 44.2 Å². The molecule has 2 aromatic rings. The zero-order chi connectivity index (χ0) is 22.6. The summed E-state index contributed by atoms with van der Waals surface area (Å²) in [5.41, 5.74) is 3.69. The summed E-state index contributed by atoms with van der Waals surface area (Å²) in [6, 6.07) is 7.26. The number of nitrogens with zero attached hydrogens (tertiary/aromatic N) is 4. The van der Waals surface area contributed by atoms with Crippen LogP contribution in [0.2, 0.25) is 0 Å². The van der Waals surface area contributed by atoms with Gasteiger partial charge in [-0.2, -0.15) is 5.10 Å². The molecule has 4 fully saturated rings. The van der Waals surface area contributed by atoms with Gasteiger partial charge in [-0.3, -0.25) is 24.5 Å². The number of anilines is 1. The molecule has 33 heavy (non-hydrogen) atoms. The molecule has 4 aliphatic rings. The highest BCUT2D eigenvalue weighted by atomic mass is 16.2. The van der Waals surface area contributed by atoms with E-state index in [1.54, 1.807) is 0 Å². The highest BCUT2D eigenvalue weighted by molar-refractivity contribution is 6.02. The van der Waals surface area contributed by atoms with Gasteiger partial charge in [-0.15, -0.1) is 0 Å². The van der Waals surface area contributed by atoms with E-state index in [2.05, 4.69) is 43.7 Å². The number of carbonyl (C=O) groups excluding carboxylic acids is 2. The molecule has 1 aliphatic carbocycles. The lowest BCUT2D eigenvalue weighted by Crippen LogP contribution is -2.58. The number of rotatable bonds is 3. The molecule has 1 aromatic carbocycles. The van der Waals surface area contributed by atoms with Crippen LogP contribution in [0.4, 0.5) is 5.69 Å². The second kappa shape index (κ2) is 8.09. The molecular weight excluding hydrogens is 416 g/mol. The Labute approximate surface area is 194 Å². The predicted molar refractivity (Wildman–Crippen MR) is 127 cm³/mol. The average Bonchev–Trinajstić information content (AvgIpc) is 3.14. The van der Waals surface area contributed by atoms with Crippen LogP contribution in [0.1, 0.15) is 50.1 Å². The maximum atomic E-state index is 12.4. The van der Waals surface area contributed by atoms with E-state index in [1.807, 2.05) is 11.7 Å². The molecule has 0 radical (unpaired) electrons. The Morgan fingerprint density at radius 1 is 1.06 bits per heavy atom. The largest absolute Gasteiger partial charge is 0.369 e. The number of fused-ring (bicyclic) bond motifs is 1. The highest BCUT2D eigenvalue weighted by Gasteiger charge is 2.46. The van der Waals surface area contributed by atoms with E-state index >= 15 is 0 Å². The van der Waals surface area contributed by atoms with Crippen LogP contribution in [-0.2, 0) is 16.6 Å². The van der Waals surface area contributed by atoms with Crippen molar-refractivity contribution in [2.45, 2.75) is 50.5 Å². The number of aryl methyl sites for hydroxylation is 1. The van der Waals surface area contributed by atoms with Gasteiger partial charge in [0.1, 0.15) is 0 Å². The smallest absolute Gasteiger partial charge is 0.235 e. The summed E-state index contributed by atoms with van der Waals surface area (Å²) in [7, 11) is 1.94. The van der Waals surface area contributed by atoms with Crippen LogP contribution < -0.4 is 15.5 Å². The van der Waals surface area contributed by atoms with Gasteiger partial charge in [-0.1, -0.05) is 0 Å². The molecule has 0 bridgehead atoms. The van der Waals surface area contributed by atoms with Crippen molar-refractivity contribution in [1.29, 1.82) is 0 Å². The minimum Gasteiger partial charge on any atom is -0.369 e. The van der Waals surface area contributed by atoms with Gasteiger partial charge in [0.2, 0.25) is 11.8 Å². The highest BCUT2D eigenvalue weighted by Crippen LogP contribution is 2.50. The molecule has 1 atom stereocenters. The van der Waals surface area contributed by atoms with E-state index < -0.39 is 0 Å². The predicted octanol–water partition coefficient (Wildman–Crippen LogP) is 1.75. The van der Waals surface area contributed by atoms with Crippen LogP contribution in [0, 0.1) is 5.41 Å². The molecule has 1 saturated carbocycles. The van der Waals surface area contributed by atoms with E-state index in [9.17, 15) is 9.59 Å². The number of amides is 2. The quantitative estimate of drug-likeness (QED) is 0.694. The van der Waals surface area contributed by atoms with Gasteiger partial charge >= 0.3 is 0 Å². The van der Waals surface area contributed by atoms with E-state index in [1.165, 1.54) is 44.5 Å². The zero-order valence-electron chi connectivity index (χ0n) is 19.5. The van der Waals surface area contributed by atoms with E-state index in [0.717, 1.165) is 48.8 Å². The fraction of sp³-hybridized carbons (Fsp3) is 0.640. The van der Waals surface area contributed by atoms with Crippen LogP contribution in [0.25, 0.3) is 10.9 Å². The van der Waals surface area contributed by atoms with Gasteiger partial charge in [0.05, 0.1) is 17.1 Å². The second-order valence-corrected chi connectivity index (χ2v) is 10.5. The van der Waals surface area contributed by atoms with Crippen molar-refractivity contribution >= 4 is 28.4 Å². The first-order chi connectivity index (χ1) is 16.0. The van der Waals surface area contributed by atoms with E-state index in [4.69, 9.17) is 0 Å². The Bertz CT molecular complexity index is 1070. The fourth-order valence-electron chi connectivity index (χ4n) is 6.59. The molecule has 3 saturated heterocycles. The van der Waals surface area contributed by atoms with Gasteiger partial charge in [-0.05, 0) is 68.8 Å². The van der Waals surface area contributed by atoms with Gasteiger partial charge in [0, 0.05) is 56.8 Å². The van der Waals surface area contributed by atoms with Gasteiger partial charge in [0.25, 0.3) is 0 Å². The molecule has 176 valence electrons. The standard InChI is InChI=1S/C25H34N6O2/c1-29-21-14-17(2-3-19(21)23(28-29)20-4-5-22(32)27-24(20)33)30-10-12-31(13-11-30)18-15-25(16-18)6-8-26-9-7-25/h2-3,14,18,20,26H,4-13,15-16H2,1H3,(H,27,32,33). The number of piperazine rings is 1. The van der Waals surface area contributed by atoms with Crippen LogP contribution in [0.3, 0.4) is 0 Å². The second-order valence-electron chi connectivity index (χ2n) is 10.5. The van der Waals surface area contributed by atoms with Crippen molar-refractivity contribution in [3.8, 4) is 0 Å². The maximum absolute atomic E-state index is 12.4. The lowest BCUT2D eigenvalue weighted by molar-refractivity contribution is -0.134. The molecule has 8 heteroatoms. The maximum Gasteiger partial charge on any atom is 0.235 e. The normalized spacial score (nSPS) is 26.6. The molecule has 1 unspecified atom stereocenters. The van der Waals surface area contributed by atoms with Gasteiger partial charge in [-0.25, -0.2) is 0 Å². The Balaban J connectivity index is 1.13. The van der Waals surface area contributed by atoms with Crippen molar-refractivity contribution in [2.24, 2.45) is 12.5 Å². The van der Waals surface area contributed by atoms with Crippen LogP contribution >= 0.6 is 0 Å². The first kappa shape index (κ1) is 21.1. The lowest BCUT2D eigenvalue weighted by atomic mass is 9.60. The minimum absolute atomic E-state index is 0.189. The van der Waals surface area contributed by atoms with Crippen molar-refractivity contribution in [1.82, 2.24) is 25.3 Å². The summed E-state index contributed by atoms with van der Waals surface area (Å²) >= 11 is 0. The number of aromatic nitrogens is 2. The Morgan fingerprint density at radius 2 is 1.82 bits per heavy atom. The Hall–Kier alpha value is -2.45. The summed E-state index contributed by atoms with van der Waals surface area (Å²) in [5.74, 6) is -0.772. The number of imide groups is 1. The molecule has 6 rings (SSSR count). The van der Waals surface area contributed by atoms with Gasteiger partial charge in [0.15, 0.2) is 0 Å². The molecule has 2 amide bonds. The third kappa shape index (κ3) is 3.73. The van der Waals surface area contributed by atoms with Crippen LogP contribution in [0.15, 0.2) is 18.2 Å². The molecule has 2 N–H and O–H groups in total. The summed E-state index contributed by atoms with van der Waals surface area (Å²) in [6.07, 6.45) is 6.39. The SMILES string of the molecule is Cn1nc(C2CCC(=O)NC2=O)c2ccc(N3CCN(C4CC5(CCNCC5)C4)CC3)cc21. The number of benzene rings is 1. The molecule has 8 nitrogen and oxygen atoms in total. The number of piperidine rings is 2. The van der Waals surface area contributed by atoms with Crippen LogP contribution in [0.5, 0.6) is 0 Å². The number of hydrogen-bond donors (Lipinski definition) is 2. The Kier molecular flexibility index (Phi) is 5.18. The number of nitrogens with one attached hydrogen (secondary N) is 2. The summed E-state index contributed by atoms with van der Waals surface area (Å²) in [6.45, 7) is 6.75. The molecule has 3 aliphatic heterocycles. The zero-order valence-corrected chi connectivity index (χ0v) is 19.5. The van der Waals surface area contributed by atoms with Crippen molar-refractivity contribution in [3.63, 3.8) is 0 Å². The molecule has 4 heterocycles. The third-order valence-electron chi connectivity index (χ3n) is 8.63. The average molecular weight is 451 g/mol. The summed E-state index contributed by atoms with van der Waals surface area (Å²) in [5, 5.41) is 11.7. The lowest BCUT2D eigenvalue weighted by Gasteiger charge is -2.55. The molecule has 1 aromatic heterocycles.